The summed E-state index contributed by atoms with van der Waals surface area (Å²) in [7, 11) is 0. The average molecular weight is 263 g/mol. The number of nitrogens with zero attached hydrogens (tertiary/aromatic N) is 2. The Balaban J connectivity index is 2.13. The predicted octanol–water partition coefficient (Wildman–Crippen LogP) is 2.25. The van der Waals surface area contributed by atoms with Gasteiger partial charge in [-0.1, -0.05) is 6.07 Å². The van der Waals surface area contributed by atoms with E-state index in [1.54, 1.807) is 6.92 Å². The topological polar surface area (TPSA) is 54.9 Å². The van der Waals surface area contributed by atoms with Gasteiger partial charge in [-0.25, -0.2) is 13.8 Å². The summed E-state index contributed by atoms with van der Waals surface area (Å²) in [6.07, 6.45) is 4.14. The van der Waals surface area contributed by atoms with Crippen LogP contribution in [0.4, 0.5) is 8.78 Å². The van der Waals surface area contributed by atoms with Gasteiger partial charge in [0.05, 0.1) is 12.2 Å². The number of hydrogen-bond acceptors (Lipinski definition) is 3. The fourth-order valence-corrected chi connectivity index (χ4v) is 1.62. The van der Waals surface area contributed by atoms with Crippen LogP contribution in [0.2, 0.25) is 0 Å². The maximum atomic E-state index is 13.5. The Hall–Kier alpha value is -2.37. The first kappa shape index (κ1) is 13.1. The Bertz CT molecular complexity index is 590. The van der Waals surface area contributed by atoms with Gasteiger partial charge in [0.2, 0.25) is 0 Å². The lowest BCUT2D eigenvalue weighted by Gasteiger charge is -2.14. The Morgan fingerprint density at radius 3 is 2.74 bits per heavy atom. The van der Waals surface area contributed by atoms with E-state index in [9.17, 15) is 13.6 Å². The van der Waals surface area contributed by atoms with Gasteiger partial charge in [0.1, 0.15) is 17.3 Å². The third-order valence-corrected chi connectivity index (χ3v) is 2.57. The minimum Gasteiger partial charge on any atom is -0.344 e. The number of hydrogen-bond donors (Lipinski definition) is 1. The summed E-state index contributed by atoms with van der Waals surface area (Å²) in [5, 5.41) is 2.57. The molecule has 98 valence electrons. The number of carbonyl (C=O) groups is 1. The molecule has 1 atom stereocenters. The fraction of sp³-hybridized carbons (Fsp3) is 0.154. The second-order valence-corrected chi connectivity index (χ2v) is 3.95. The lowest BCUT2D eigenvalue weighted by atomic mass is 10.1. The van der Waals surface area contributed by atoms with Crippen LogP contribution in [0.15, 0.2) is 36.8 Å². The van der Waals surface area contributed by atoms with Crippen LogP contribution in [0.3, 0.4) is 0 Å². The molecular formula is C13H11F2N3O. The molecule has 0 fully saturated rings. The van der Waals surface area contributed by atoms with E-state index in [0.29, 0.717) is 0 Å². The molecule has 0 saturated heterocycles. The molecule has 1 amide bonds. The zero-order valence-corrected chi connectivity index (χ0v) is 10.1. The first-order valence-electron chi connectivity index (χ1n) is 5.60. The largest absolute Gasteiger partial charge is 0.344 e. The molecule has 1 aromatic carbocycles. The number of carbonyl (C=O) groups excluding carboxylic acids is 1. The number of rotatable bonds is 3. The number of benzene rings is 1. The van der Waals surface area contributed by atoms with Crippen molar-refractivity contribution in [1.29, 1.82) is 0 Å². The van der Waals surface area contributed by atoms with E-state index in [-0.39, 0.29) is 11.3 Å². The molecule has 0 radical (unpaired) electrons. The maximum Gasteiger partial charge on any atom is 0.271 e. The zero-order valence-electron chi connectivity index (χ0n) is 10.1. The van der Waals surface area contributed by atoms with Crippen LogP contribution < -0.4 is 5.32 Å². The third-order valence-electron chi connectivity index (χ3n) is 2.57. The molecule has 0 saturated carbocycles. The molecule has 19 heavy (non-hydrogen) atoms. The molecule has 4 nitrogen and oxygen atoms in total. The lowest BCUT2D eigenvalue weighted by Crippen LogP contribution is -2.28. The highest BCUT2D eigenvalue weighted by Crippen LogP contribution is 2.17. The minimum atomic E-state index is -0.702. The Labute approximate surface area is 108 Å². The average Bonchev–Trinajstić information content (AvgIpc) is 2.39. The highest BCUT2D eigenvalue weighted by atomic mass is 19.1. The molecule has 1 N–H and O–H groups in total. The smallest absolute Gasteiger partial charge is 0.271 e. The van der Waals surface area contributed by atoms with Crippen molar-refractivity contribution in [1.82, 2.24) is 15.3 Å². The van der Waals surface area contributed by atoms with Crippen LogP contribution in [0, 0.1) is 11.6 Å². The van der Waals surface area contributed by atoms with Crippen molar-refractivity contribution in [3.63, 3.8) is 0 Å². The molecule has 0 aliphatic heterocycles. The van der Waals surface area contributed by atoms with Crippen LogP contribution >= 0.6 is 0 Å². The van der Waals surface area contributed by atoms with Crippen molar-refractivity contribution in [2.24, 2.45) is 0 Å². The van der Waals surface area contributed by atoms with E-state index < -0.39 is 23.6 Å². The predicted molar refractivity (Wildman–Crippen MR) is 64.3 cm³/mol. The van der Waals surface area contributed by atoms with Gasteiger partial charge < -0.3 is 5.32 Å². The van der Waals surface area contributed by atoms with E-state index >= 15 is 0 Å². The standard InChI is InChI=1S/C13H11F2N3O/c1-8(10-3-2-9(14)6-11(10)15)18-13(19)12-7-16-4-5-17-12/h2-8H,1H3,(H,18,19). The van der Waals surface area contributed by atoms with Crippen LogP contribution in [0.25, 0.3) is 0 Å². The SMILES string of the molecule is CC(NC(=O)c1cnccn1)c1ccc(F)cc1F. The van der Waals surface area contributed by atoms with Gasteiger partial charge >= 0.3 is 0 Å². The van der Waals surface area contributed by atoms with Crippen molar-refractivity contribution in [3.05, 3.63) is 59.7 Å². The van der Waals surface area contributed by atoms with Gasteiger partial charge in [0.15, 0.2) is 0 Å². The summed E-state index contributed by atoms with van der Waals surface area (Å²) in [5.41, 5.74) is 0.343. The van der Waals surface area contributed by atoms with Gasteiger partial charge in [-0.3, -0.25) is 9.78 Å². The van der Waals surface area contributed by atoms with Gasteiger partial charge in [-0.2, -0.15) is 0 Å². The molecule has 0 bridgehead atoms. The van der Waals surface area contributed by atoms with Crippen LogP contribution in [-0.4, -0.2) is 15.9 Å². The van der Waals surface area contributed by atoms with Crippen LogP contribution in [0.1, 0.15) is 29.0 Å². The molecule has 0 aliphatic rings. The van der Waals surface area contributed by atoms with Gasteiger partial charge in [-0.15, -0.1) is 0 Å². The molecule has 1 heterocycles. The second kappa shape index (κ2) is 5.51. The molecule has 2 rings (SSSR count). The summed E-state index contributed by atoms with van der Waals surface area (Å²) in [6.45, 7) is 1.60. The van der Waals surface area contributed by atoms with Gasteiger partial charge in [-0.05, 0) is 13.0 Å². The monoisotopic (exact) mass is 263 g/mol. The van der Waals surface area contributed by atoms with E-state index in [1.807, 2.05) is 0 Å². The Kier molecular flexibility index (Phi) is 3.79. The molecule has 0 spiro atoms. The molecule has 0 aliphatic carbocycles. The van der Waals surface area contributed by atoms with Crippen molar-refractivity contribution < 1.29 is 13.6 Å². The minimum absolute atomic E-state index is 0.136. The Morgan fingerprint density at radius 2 is 2.11 bits per heavy atom. The Morgan fingerprint density at radius 1 is 1.32 bits per heavy atom. The van der Waals surface area contributed by atoms with E-state index in [2.05, 4.69) is 15.3 Å². The number of nitrogens with one attached hydrogen (secondary N) is 1. The molecule has 6 heteroatoms. The first-order chi connectivity index (χ1) is 9.08. The maximum absolute atomic E-state index is 13.5. The summed E-state index contributed by atoms with van der Waals surface area (Å²) in [4.78, 5) is 19.4. The molecule has 1 unspecified atom stereocenters. The summed E-state index contributed by atoms with van der Waals surface area (Å²) in [6, 6.07) is 2.62. The van der Waals surface area contributed by atoms with E-state index in [4.69, 9.17) is 0 Å². The molecule has 2 aromatic rings. The van der Waals surface area contributed by atoms with Crippen molar-refractivity contribution >= 4 is 5.91 Å². The van der Waals surface area contributed by atoms with E-state index in [1.165, 1.54) is 24.7 Å². The van der Waals surface area contributed by atoms with Crippen LogP contribution in [-0.2, 0) is 0 Å². The zero-order chi connectivity index (χ0) is 13.8. The number of amides is 1. The van der Waals surface area contributed by atoms with Crippen molar-refractivity contribution in [2.75, 3.05) is 0 Å². The highest BCUT2D eigenvalue weighted by Gasteiger charge is 2.15. The third kappa shape index (κ3) is 3.09. The van der Waals surface area contributed by atoms with Gasteiger partial charge in [0, 0.05) is 24.0 Å². The summed E-state index contributed by atoms with van der Waals surface area (Å²) >= 11 is 0. The number of aromatic nitrogens is 2. The summed E-state index contributed by atoms with van der Waals surface area (Å²) < 4.78 is 26.3. The fourth-order valence-electron chi connectivity index (χ4n) is 1.62. The van der Waals surface area contributed by atoms with Crippen LogP contribution in [0.5, 0.6) is 0 Å². The van der Waals surface area contributed by atoms with Gasteiger partial charge in [0.25, 0.3) is 5.91 Å². The lowest BCUT2D eigenvalue weighted by molar-refractivity contribution is 0.0934. The number of halogens is 2. The molecular weight excluding hydrogens is 252 g/mol. The quantitative estimate of drug-likeness (QED) is 0.924. The highest BCUT2D eigenvalue weighted by molar-refractivity contribution is 5.92. The summed E-state index contributed by atoms with van der Waals surface area (Å²) in [5.74, 6) is -1.83. The van der Waals surface area contributed by atoms with Crippen molar-refractivity contribution in [2.45, 2.75) is 13.0 Å². The van der Waals surface area contributed by atoms with E-state index in [0.717, 1.165) is 12.1 Å². The first-order valence-corrected chi connectivity index (χ1v) is 5.60. The second-order valence-electron chi connectivity index (χ2n) is 3.95. The van der Waals surface area contributed by atoms with Crippen molar-refractivity contribution in [3.8, 4) is 0 Å². The normalized spacial score (nSPS) is 11.9. The molecule has 1 aromatic heterocycles.